The lowest BCUT2D eigenvalue weighted by Gasteiger charge is -2.12. The second-order valence-corrected chi connectivity index (χ2v) is 7.72. The molecule has 7 heteroatoms. The number of aryl methyl sites for hydroxylation is 1. The first-order valence-electron chi connectivity index (χ1n) is 10.6. The van der Waals surface area contributed by atoms with Gasteiger partial charge in [0.1, 0.15) is 18.3 Å². The van der Waals surface area contributed by atoms with Gasteiger partial charge in [0.15, 0.2) is 5.65 Å². The molecule has 5 rings (SSSR count). The van der Waals surface area contributed by atoms with Crippen LogP contribution in [0, 0.1) is 6.92 Å². The predicted molar refractivity (Wildman–Crippen MR) is 128 cm³/mol. The summed E-state index contributed by atoms with van der Waals surface area (Å²) in [7, 11) is 0. The van der Waals surface area contributed by atoms with Crippen molar-refractivity contribution in [2.24, 2.45) is 0 Å². The first kappa shape index (κ1) is 20.4. The molecule has 0 fully saturated rings. The zero-order chi connectivity index (χ0) is 22.8. The second kappa shape index (κ2) is 8.55. The van der Waals surface area contributed by atoms with E-state index in [1.807, 2.05) is 85.8 Å². The molecule has 0 bridgehead atoms. The molecular formula is C26H21N5O2. The number of carbonyl (C=O) groups excluding carboxylic acids is 1. The Hall–Kier alpha value is -4.52. The standard InChI is InChI=1S/C26H21N5O2/c1-18-9-5-8-14-23(18)31-25-21(15-28-31)26(33)30(17-27-25)16-24(32)29-22-13-7-6-12-20(22)19-10-3-2-4-11-19/h2-15,17H,16H2,1H3,(H,29,32). The molecular weight excluding hydrogens is 414 g/mol. The number of amides is 1. The highest BCUT2D eigenvalue weighted by Crippen LogP contribution is 2.27. The molecule has 162 valence electrons. The monoisotopic (exact) mass is 435 g/mol. The summed E-state index contributed by atoms with van der Waals surface area (Å²) in [5, 5.41) is 7.64. The summed E-state index contributed by atoms with van der Waals surface area (Å²) >= 11 is 0. The van der Waals surface area contributed by atoms with Crippen LogP contribution in [0.15, 0.2) is 96.2 Å². The van der Waals surface area contributed by atoms with Crippen LogP contribution in [0.4, 0.5) is 5.69 Å². The molecule has 0 spiro atoms. The summed E-state index contributed by atoms with van der Waals surface area (Å²) in [4.78, 5) is 30.3. The molecule has 3 aromatic carbocycles. The van der Waals surface area contributed by atoms with Crippen LogP contribution in [0.3, 0.4) is 0 Å². The van der Waals surface area contributed by atoms with Crippen LogP contribution in [0.1, 0.15) is 5.56 Å². The number of hydrogen-bond donors (Lipinski definition) is 1. The minimum Gasteiger partial charge on any atom is -0.324 e. The van der Waals surface area contributed by atoms with E-state index in [2.05, 4.69) is 15.4 Å². The average molecular weight is 435 g/mol. The van der Waals surface area contributed by atoms with Crippen molar-refractivity contribution in [3.05, 3.63) is 107 Å². The summed E-state index contributed by atoms with van der Waals surface area (Å²) in [6.07, 6.45) is 2.89. The molecule has 0 unspecified atom stereocenters. The normalized spacial score (nSPS) is 10.9. The number of rotatable bonds is 5. The largest absolute Gasteiger partial charge is 0.324 e. The number of nitrogens with one attached hydrogen (secondary N) is 1. The fraction of sp³-hybridized carbons (Fsp3) is 0.0769. The van der Waals surface area contributed by atoms with Gasteiger partial charge in [0.2, 0.25) is 5.91 Å². The lowest BCUT2D eigenvalue weighted by atomic mass is 10.0. The van der Waals surface area contributed by atoms with E-state index < -0.39 is 0 Å². The van der Waals surface area contributed by atoms with Crippen molar-refractivity contribution in [2.75, 3.05) is 5.32 Å². The zero-order valence-electron chi connectivity index (χ0n) is 18.0. The van der Waals surface area contributed by atoms with Crippen LogP contribution in [-0.2, 0) is 11.3 Å². The summed E-state index contributed by atoms with van der Waals surface area (Å²) < 4.78 is 2.94. The fourth-order valence-corrected chi connectivity index (χ4v) is 3.84. The Morgan fingerprint density at radius 1 is 0.939 bits per heavy atom. The Morgan fingerprint density at radius 2 is 1.67 bits per heavy atom. The van der Waals surface area contributed by atoms with Gasteiger partial charge < -0.3 is 5.32 Å². The molecule has 33 heavy (non-hydrogen) atoms. The molecule has 0 aliphatic carbocycles. The lowest BCUT2D eigenvalue weighted by molar-refractivity contribution is -0.116. The number of carbonyl (C=O) groups is 1. The molecule has 0 aliphatic heterocycles. The minimum atomic E-state index is -0.314. The Bertz CT molecular complexity index is 1520. The summed E-state index contributed by atoms with van der Waals surface area (Å²) in [5.41, 5.74) is 4.61. The van der Waals surface area contributed by atoms with E-state index >= 15 is 0 Å². The van der Waals surface area contributed by atoms with Crippen molar-refractivity contribution >= 4 is 22.6 Å². The van der Waals surface area contributed by atoms with Crippen LogP contribution in [0.5, 0.6) is 0 Å². The molecule has 0 aliphatic rings. The Morgan fingerprint density at radius 3 is 2.48 bits per heavy atom. The number of hydrogen-bond acceptors (Lipinski definition) is 4. The SMILES string of the molecule is Cc1ccccc1-n1ncc2c(=O)n(CC(=O)Nc3ccccc3-c3ccccc3)cnc21. The number of para-hydroxylation sites is 2. The third-order valence-electron chi connectivity index (χ3n) is 5.50. The van der Waals surface area contributed by atoms with Crippen molar-refractivity contribution in [2.45, 2.75) is 13.5 Å². The predicted octanol–water partition coefficient (Wildman–Crippen LogP) is 4.20. The van der Waals surface area contributed by atoms with E-state index in [-0.39, 0.29) is 18.0 Å². The molecule has 0 atom stereocenters. The third-order valence-corrected chi connectivity index (χ3v) is 5.50. The van der Waals surface area contributed by atoms with Gasteiger partial charge in [0.25, 0.3) is 5.56 Å². The number of fused-ring (bicyclic) bond motifs is 1. The number of nitrogens with zero attached hydrogens (tertiary/aromatic N) is 4. The van der Waals surface area contributed by atoms with Crippen molar-refractivity contribution in [1.82, 2.24) is 19.3 Å². The van der Waals surface area contributed by atoms with Gasteiger partial charge in [0.05, 0.1) is 11.9 Å². The van der Waals surface area contributed by atoms with Gasteiger partial charge in [-0.1, -0.05) is 66.7 Å². The highest BCUT2D eigenvalue weighted by molar-refractivity contribution is 5.95. The molecule has 1 amide bonds. The Kier molecular flexibility index (Phi) is 5.28. The van der Waals surface area contributed by atoms with Gasteiger partial charge >= 0.3 is 0 Å². The Balaban J connectivity index is 1.42. The van der Waals surface area contributed by atoms with Crippen LogP contribution in [0.2, 0.25) is 0 Å². The van der Waals surface area contributed by atoms with Gasteiger partial charge in [-0.15, -0.1) is 0 Å². The maximum absolute atomic E-state index is 13.0. The summed E-state index contributed by atoms with van der Waals surface area (Å²) in [6, 6.07) is 25.1. The van der Waals surface area contributed by atoms with Crippen molar-refractivity contribution in [3.63, 3.8) is 0 Å². The smallest absolute Gasteiger partial charge is 0.264 e. The van der Waals surface area contributed by atoms with Crippen LogP contribution < -0.4 is 10.9 Å². The highest BCUT2D eigenvalue weighted by atomic mass is 16.2. The van der Waals surface area contributed by atoms with Gasteiger partial charge in [-0.25, -0.2) is 9.67 Å². The van der Waals surface area contributed by atoms with Crippen molar-refractivity contribution in [3.8, 4) is 16.8 Å². The highest BCUT2D eigenvalue weighted by Gasteiger charge is 2.15. The first-order valence-corrected chi connectivity index (χ1v) is 10.6. The summed E-state index contributed by atoms with van der Waals surface area (Å²) in [6.45, 7) is 1.82. The molecule has 2 heterocycles. The van der Waals surface area contributed by atoms with E-state index in [9.17, 15) is 9.59 Å². The third kappa shape index (κ3) is 3.92. The molecule has 1 N–H and O–H groups in total. The molecule has 7 nitrogen and oxygen atoms in total. The van der Waals surface area contributed by atoms with Gasteiger partial charge in [-0.2, -0.15) is 5.10 Å². The maximum atomic E-state index is 13.0. The van der Waals surface area contributed by atoms with Crippen LogP contribution in [0.25, 0.3) is 27.8 Å². The van der Waals surface area contributed by atoms with Crippen molar-refractivity contribution < 1.29 is 4.79 Å². The molecule has 2 aromatic heterocycles. The number of anilines is 1. The molecule has 0 radical (unpaired) electrons. The molecule has 0 saturated heterocycles. The van der Waals surface area contributed by atoms with E-state index in [0.29, 0.717) is 16.7 Å². The van der Waals surface area contributed by atoms with Crippen LogP contribution >= 0.6 is 0 Å². The van der Waals surface area contributed by atoms with Crippen molar-refractivity contribution in [1.29, 1.82) is 0 Å². The number of benzene rings is 3. The summed E-state index contributed by atoms with van der Waals surface area (Å²) in [5.74, 6) is -0.312. The lowest BCUT2D eigenvalue weighted by Crippen LogP contribution is -2.28. The zero-order valence-corrected chi connectivity index (χ0v) is 18.0. The average Bonchev–Trinajstić information content (AvgIpc) is 3.27. The van der Waals surface area contributed by atoms with E-state index in [1.54, 1.807) is 4.68 Å². The van der Waals surface area contributed by atoms with Gasteiger partial charge in [0, 0.05) is 11.3 Å². The van der Waals surface area contributed by atoms with Crippen LogP contribution in [-0.4, -0.2) is 25.2 Å². The molecule has 5 aromatic rings. The second-order valence-electron chi connectivity index (χ2n) is 7.72. The Labute approximate surface area is 190 Å². The van der Waals surface area contributed by atoms with E-state index in [1.165, 1.54) is 17.1 Å². The first-order chi connectivity index (χ1) is 16.1. The minimum absolute atomic E-state index is 0.152. The van der Waals surface area contributed by atoms with E-state index in [4.69, 9.17) is 0 Å². The topological polar surface area (TPSA) is 81.8 Å². The maximum Gasteiger partial charge on any atom is 0.264 e. The number of aromatic nitrogens is 4. The molecule has 0 saturated carbocycles. The van der Waals surface area contributed by atoms with Gasteiger partial charge in [-0.05, 0) is 30.2 Å². The van der Waals surface area contributed by atoms with Gasteiger partial charge in [-0.3, -0.25) is 14.2 Å². The quantitative estimate of drug-likeness (QED) is 0.449. The van der Waals surface area contributed by atoms with E-state index in [0.717, 1.165) is 22.4 Å². The fourth-order valence-electron chi connectivity index (χ4n) is 3.84.